The summed E-state index contributed by atoms with van der Waals surface area (Å²) in [6.45, 7) is 3.52. The Morgan fingerprint density at radius 1 is 1.07 bits per heavy atom. The van der Waals surface area contributed by atoms with Crippen LogP contribution in [0.5, 0.6) is 5.88 Å². The van der Waals surface area contributed by atoms with Gasteiger partial charge in [0, 0.05) is 24.4 Å². The number of H-pyrrole nitrogens is 1. The summed E-state index contributed by atoms with van der Waals surface area (Å²) in [6.07, 6.45) is 8.77. The van der Waals surface area contributed by atoms with Gasteiger partial charge >= 0.3 is 0 Å². The van der Waals surface area contributed by atoms with Crippen LogP contribution in [0.15, 0.2) is 41.2 Å². The third kappa shape index (κ3) is 6.55. The number of aryl methyl sites for hydroxylation is 3. The van der Waals surface area contributed by atoms with Gasteiger partial charge in [0.2, 0.25) is 0 Å². The van der Waals surface area contributed by atoms with E-state index in [4.69, 9.17) is 9.47 Å². The second-order valence-corrected chi connectivity index (χ2v) is 7.43. The van der Waals surface area contributed by atoms with Crippen LogP contribution in [0.1, 0.15) is 55.8 Å². The molecule has 1 fully saturated rings. The number of hydrogen-bond donors (Lipinski definition) is 1. The average Bonchev–Trinajstić information content (AvgIpc) is 2.70. The van der Waals surface area contributed by atoms with Gasteiger partial charge in [-0.05, 0) is 56.1 Å². The Labute approximate surface area is 161 Å². The van der Waals surface area contributed by atoms with Crippen LogP contribution in [0.4, 0.5) is 0 Å². The van der Waals surface area contributed by atoms with Gasteiger partial charge in [-0.1, -0.05) is 37.6 Å². The molecule has 2 aromatic rings. The fourth-order valence-corrected chi connectivity index (χ4v) is 3.44. The number of rotatable bonds is 9. The van der Waals surface area contributed by atoms with Crippen LogP contribution in [-0.4, -0.2) is 24.3 Å². The molecule has 0 amide bonds. The highest BCUT2D eigenvalue weighted by molar-refractivity contribution is 5.24. The molecule has 1 aliphatic heterocycles. The largest absolute Gasteiger partial charge is 0.476 e. The van der Waals surface area contributed by atoms with E-state index in [0.717, 1.165) is 44.4 Å². The Morgan fingerprint density at radius 2 is 1.85 bits per heavy atom. The number of ether oxygens (including phenoxy) is 2. The Kier molecular flexibility index (Phi) is 7.52. The summed E-state index contributed by atoms with van der Waals surface area (Å²) in [5, 5.41) is 0. The number of aromatic nitrogens is 1. The Bertz CT molecular complexity index is 745. The molecule has 1 atom stereocenters. The maximum absolute atomic E-state index is 12.0. The highest BCUT2D eigenvalue weighted by atomic mass is 16.5. The van der Waals surface area contributed by atoms with E-state index in [-0.39, 0.29) is 11.5 Å². The van der Waals surface area contributed by atoms with E-state index in [1.807, 2.05) is 0 Å². The molecular formula is C23H31NO3. The summed E-state index contributed by atoms with van der Waals surface area (Å²) in [7, 11) is 0. The average molecular weight is 370 g/mol. The zero-order valence-electron chi connectivity index (χ0n) is 16.3. The molecule has 0 saturated carbocycles. The fourth-order valence-electron chi connectivity index (χ4n) is 3.44. The monoisotopic (exact) mass is 369 g/mol. The smallest absolute Gasteiger partial charge is 0.194 e. The molecule has 1 saturated heterocycles. The molecule has 1 aromatic heterocycles. The summed E-state index contributed by atoms with van der Waals surface area (Å²) in [5.74, 6) is 0.543. The van der Waals surface area contributed by atoms with E-state index in [1.54, 1.807) is 6.07 Å². The Balaban J connectivity index is 1.53. The number of benzene rings is 1. The topological polar surface area (TPSA) is 51.3 Å². The minimum Gasteiger partial charge on any atom is -0.476 e. The molecule has 0 radical (unpaired) electrons. The first kappa shape index (κ1) is 19.7. The molecule has 1 N–H and O–H groups in total. The minimum absolute atomic E-state index is 0.0155. The van der Waals surface area contributed by atoms with Crippen molar-refractivity contribution in [3.8, 4) is 5.88 Å². The molecule has 2 heterocycles. The molecule has 0 bridgehead atoms. The van der Waals surface area contributed by atoms with E-state index >= 15 is 0 Å². The van der Waals surface area contributed by atoms with Crippen LogP contribution in [0.2, 0.25) is 0 Å². The van der Waals surface area contributed by atoms with Gasteiger partial charge in [-0.15, -0.1) is 0 Å². The van der Waals surface area contributed by atoms with Gasteiger partial charge in [0.25, 0.3) is 0 Å². The van der Waals surface area contributed by atoms with Crippen molar-refractivity contribution in [1.82, 2.24) is 4.98 Å². The Morgan fingerprint density at radius 3 is 2.56 bits per heavy atom. The van der Waals surface area contributed by atoms with E-state index < -0.39 is 0 Å². The molecule has 27 heavy (non-hydrogen) atoms. The second-order valence-electron chi connectivity index (χ2n) is 7.43. The van der Waals surface area contributed by atoms with Crippen LogP contribution in [-0.2, 0) is 24.0 Å². The van der Waals surface area contributed by atoms with Crippen molar-refractivity contribution in [1.29, 1.82) is 0 Å². The number of hydrogen-bond acceptors (Lipinski definition) is 3. The standard InChI is InChI=1S/C23H31NO3/c1-2-3-6-18-8-10-19(11-9-18)12-13-20-15-21(25)16-23(24-20)27-17-22-7-4-5-14-26-22/h8-11,15-16,22H,2-7,12-14,17H2,1H3,(H,24,25). The highest BCUT2D eigenvalue weighted by Gasteiger charge is 2.14. The van der Waals surface area contributed by atoms with Crippen molar-refractivity contribution < 1.29 is 9.47 Å². The third-order valence-electron chi connectivity index (χ3n) is 5.10. The van der Waals surface area contributed by atoms with Gasteiger partial charge < -0.3 is 14.5 Å². The lowest BCUT2D eigenvalue weighted by atomic mass is 10.0. The van der Waals surface area contributed by atoms with Crippen molar-refractivity contribution in [2.24, 2.45) is 0 Å². The molecule has 4 heteroatoms. The lowest BCUT2D eigenvalue weighted by Crippen LogP contribution is -2.26. The number of nitrogens with one attached hydrogen (secondary N) is 1. The first-order valence-corrected chi connectivity index (χ1v) is 10.3. The minimum atomic E-state index is -0.0155. The lowest BCUT2D eigenvalue weighted by Gasteiger charge is -2.22. The van der Waals surface area contributed by atoms with Crippen LogP contribution in [0.3, 0.4) is 0 Å². The van der Waals surface area contributed by atoms with Crippen LogP contribution >= 0.6 is 0 Å². The van der Waals surface area contributed by atoms with Gasteiger partial charge in [0.05, 0.1) is 6.10 Å². The Hall–Kier alpha value is -2.07. The summed E-state index contributed by atoms with van der Waals surface area (Å²) in [5.41, 5.74) is 3.59. The first-order valence-electron chi connectivity index (χ1n) is 10.3. The van der Waals surface area contributed by atoms with Crippen LogP contribution < -0.4 is 10.2 Å². The lowest BCUT2D eigenvalue weighted by molar-refractivity contribution is -0.0120. The van der Waals surface area contributed by atoms with Gasteiger partial charge in [-0.2, -0.15) is 0 Å². The van der Waals surface area contributed by atoms with Crippen molar-refractivity contribution in [2.45, 2.75) is 64.4 Å². The van der Waals surface area contributed by atoms with Crippen molar-refractivity contribution in [3.63, 3.8) is 0 Å². The van der Waals surface area contributed by atoms with E-state index in [2.05, 4.69) is 36.2 Å². The molecular weight excluding hydrogens is 338 g/mol. The fraction of sp³-hybridized carbons (Fsp3) is 0.522. The normalized spacial score (nSPS) is 17.0. The molecule has 1 unspecified atom stereocenters. The van der Waals surface area contributed by atoms with Crippen LogP contribution in [0.25, 0.3) is 0 Å². The SMILES string of the molecule is CCCCc1ccc(CCc2cc(=O)cc(OCC3CCCCO3)[nH]2)cc1. The highest BCUT2D eigenvalue weighted by Crippen LogP contribution is 2.15. The predicted molar refractivity (Wildman–Crippen MR) is 109 cm³/mol. The first-order chi connectivity index (χ1) is 13.2. The van der Waals surface area contributed by atoms with Crippen LogP contribution in [0, 0.1) is 0 Å². The second kappa shape index (κ2) is 10.3. The molecule has 1 aliphatic rings. The quantitative estimate of drug-likeness (QED) is 0.710. The zero-order chi connectivity index (χ0) is 18.9. The molecule has 3 rings (SSSR count). The molecule has 1 aromatic carbocycles. The van der Waals surface area contributed by atoms with Gasteiger partial charge in [0.1, 0.15) is 6.61 Å². The van der Waals surface area contributed by atoms with Gasteiger partial charge in [-0.25, -0.2) is 0 Å². The number of unbranched alkanes of at least 4 members (excludes halogenated alkanes) is 1. The van der Waals surface area contributed by atoms with E-state index in [9.17, 15) is 4.79 Å². The summed E-state index contributed by atoms with van der Waals surface area (Å²) in [6, 6.07) is 12.0. The van der Waals surface area contributed by atoms with Crippen molar-refractivity contribution in [3.05, 3.63) is 63.4 Å². The molecule has 146 valence electrons. The number of pyridine rings is 1. The number of aromatic amines is 1. The third-order valence-corrected chi connectivity index (χ3v) is 5.10. The predicted octanol–water partition coefficient (Wildman–Crippen LogP) is 4.45. The zero-order valence-corrected chi connectivity index (χ0v) is 16.3. The van der Waals surface area contributed by atoms with Gasteiger partial charge in [-0.3, -0.25) is 4.79 Å². The van der Waals surface area contributed by atoms with Crippen molar-refractivity contribution in [2.75, 3.05) is 13.2 Å². The van der Waals surface area contributed by atoms with E-state index in [1.165, 1.54) is 36.5 Å². The molecule has 0 spiro atoms. The van der Waals surface area contributed by atoms with Gasteiger partial charge in [0.15, 0.2) is 11.3 Å². The van der Waals surface area contributed by atoms with E-state index in [0.29, 0.717) is 12.5 Å². The molecule has 0 aliphatic carbocycles. The van der Waals surface area contributed by atoms with Crippen molar-refractivity contribution >= 4 is 0 Å². The maximum Gasteiger partial charge on any atom is 0.194 e. The maximum atomic E-state index is 12.0. The summed E-state index contributed by atoms with van der Waals surface area (Å²) >= 11 is 0. The summed E-state index contributed by atoms with van der Waals surface area (Å²) < 4.78 is 11.5. The summed E-state index contributed by atoms with van der Waals surface area (Å²) in [4.78, 5) is 15.2. The molecule has 4 nitrogen and oxygen atoms in total.